The molecule has 0 unspecified atom stereocenters. The molecular weight excluding hydrogens is 454 g/mol. The molecule has 1 aliphatic heterocycles. The second-order valence-electron chi connectivity index (χ2n) is 8.81. The van der Waals surface area contributed by atoms with Crippen LogP contribution in [0.2, 0.25) is 0 Å². The number of amides is 1. The van der Waals surface area contributed by atoms with E-state index in [0.29, 0.717) is 24.4 Å². The molecular formula is C25H27N3O5S. The molecule has 2 aliphatic rings. The van der Waals surface area contributed by atoms with Crippen molar-refractivity contribution in [2.45, 2.75) is 37.1 Å². The maximum atomic E-state index is 12.9. The van der Waals surface area contributed by atoms with Crippen LogP contribution >= 0.6 is 0 Å². The van der Waals surface area contributed by atoms with Crippen LogP contribution in [0.3, 0.4) is 0 Å². The van der Waals surface area contributed by atoms with Crippen LogP contribution in [-0.4, -0.2) is 32.6 Å². The quantitative estimate of drug-likeness (QED) is 0.536. The van der Waals surface area contributed by atoms with Gasteiger partial charge < -0.3 is 14.8 Å². The molecule has 0 radical (unpaired) electrons. The highest BCUT2D eigenvalue weighted by molar-refractivity contribution is 7.89. The highest BCUT2D eigenvalue weighted by atomic mass is 32.2. The lowest BCUT2D eigenvalue weighted by Crippen LogP contribution is -2.36. The molecule has 2 heterocycles. The predicted octanol–water partition coefficient (Wildman–Crippen LogP) is 3.36. The zero-order valence-corrected chi connectivity index (χ0v) is 19.5. The van der Waals surface area contributed by atoms with E-state index in [4.69, 9.17) is 9.47 Å². The molecule has 1 aliphatic carbocycles. The van der Waals surface area contributed by atoms with Crippen molar-refractivity contribution in [2.24, 2.45) is 11.8 Å². The molecule has 34 heavy (non-hydrogen) atoms. The van der Waals surface area contributed by atoms with Crippen LogP contribution in [0.1, 0.15) is 31.2 Å². The first-order valence-corrected chi connectivity index (χ1v) is 13.0. The van der Waals surface area contributed by atoms with E-state index in [2.05, 4.69) is 15.0 Å². The van der Waals surface area contributed by atoms with Crippen LogP contribution in [0.5, 0.6) is 11.5 Å². The Labute approximate surface area is 198 Å². The van der Waals surface area contributed by atoms with Crippen molar-refractivity contribution in [3.8, 4) is 11.5 Å². The monoisotopic (exact) mass is 481 g/mol. The van der Waals surface area contributed by atoms with E-state index in [1.54, 1.807) is 24.4 Å². The summed E-state index contributed by atoms with van der Waals surface area (Å²) in [6.45, 7) is 1.02. The van der Waals surface area contributed by atoms with Gasteiger partial charge in [0.15, 0.2) is 11.5 Å². The summed E-state index contributed by atoms with van der Waals surface area (Å²) in [7, 11) is -3.67. The molecule has 8 nitrogen and oxygen atoms in total. The highest BCUT2D eigenvalue weighted by Crippen LogP contribution is 2.33. The Morgan fingerprint density at radius 1 is 1.00 bits per heavy atom. The first-order chi connectivity index (χ1) is 16.5. The normalized spacial score (nSPS) is 19.8. The van der Waals surface area contributed by atoms with E-state index in [1.165, 1.54) is 0 Å². The molecule has 3 aromatic rings. The van der Waals surface area contributed by atoms with E-state index < -0.39 is 10.0 Å². The van der Waals surface area contributed by atoms with Gasteiger partial charge in [0.25, 0.3) is 0 Å². The third-order valence-corrected chi connectivity index (χ3v) is 8.02. The van der Waals surface area contributed by atoms with E-state index in [0.717, 1.165) is 42.4 Å². The van der Waals surface area contributed by atoms with E-state index in [1.807, 2.05) is 30.3 Å². The lowest BCUT2D eigenvalue weighted by molar-refractivity contribution is -0.126. The molecule has 0 bridgehead atoms. The number of carbonyl (C=O) groups excluding carboxylic acids is 1. The summed E-state index contributed by atoms with van der Waals surface area (Å²) in [6, 6.07) is 14.4. The maximum Gasteiger partial charge on any atom is 0.242 e. The van der Waals surface area contributed by atoms with Crippen molar-refractivity contribution in [3.63, 3.8) is 0 Å². The number of benzene rings is 2. The Balaban J connectivity index is 1.11. The number of hydrogen-bond donors (Lipinski definition) is 2. The van der Waals surface area contributed by atoms with Gasteiger partial charge in [0.05, 0.1) is 5.52 Å². The Bertz CT molecular complexity index is 1300. The molecule has 178 valence electrons. The number of aromatic nitrogens is 1. The number of pyridine rings is 1. The summed E-state index contributed by atoms with van der Waals surface area (Å²) in [5.41, 5.74) is 1.43. The molecule has 2 aromatic carbocycles. The van der Waals surface area contributed by atoms with Gasteiger partial charge in [-0.1, -0.05) is 24.3 Å². The number of fused-ring (bicyclic) bond motifs is 2. The molecule has 0 saturated heterocycles. The van der Waals surface area contributed by atoms with E-state index in [-0.39, 0.29) is 29.4 Å². The number of nitrogens with zero attached hydrogens (tertiary/aromatic N) is 1. The third-order valence-electron chi connectivity index (χ3n) is 6.57. The first kappa shape index (κ1) is 22.6. The molecule has 0 atom stereocenters. The van der Waals surface area contributed by atoms with Crippen molar-refractivity contribution in [3.05, 3.63) is 60.3 Å². The number of sulfonamides is 1. The standard InChI is InChI=1S/C25H27N3O5S/c29-25(27-14-18-8-11-21-22(13-18)33-16-32-21)20-9-6-17(7-10-20)15-28-34(30,31)23-5-1-3-19-4-2-12-26-24(19)23/h1-5,8,11-13,17,20,28H,6-7,9-10,14-16H2,(H,27,29). The van der Waals surface area contributed by atoms with Crippen LogP contribution in [0.4, 0.5) is 0 Å². The highest BCUT2D eigenvalue weighted by Gasteiger charge is 2.28. The van der Waals surface area contributed by atoms with Gasteiger partial charge in [-0.25, -0.2) is 13.1 Å². The molecule has 1 aromatic heterocycles. The second kappa shape index (κ2) is 9.60. The summed E-state index contributed by atoms with van der Waals surface area (Å²) in [4.78, 5) is 17.1. The Kier molecular flexibility index (Phi) is 6.38. The van der Waals surface area contributed by atoms with Gasteiger partial charge in [-0.05, 0) is 61.4 Å². The fourth-order valence-corrected chi connectivity index (χ4v) is 5.91. The van der Waals surface area contributed by atoms with Crippen LogP contribution < -0.4 is 19.5 Å². The molecule has 2 N–H and O–H groups in total. The number of carbonyl (C=O) groups is 1. The molecule has 5 rings (SSSR count). The number of nitrogens with one attached hydrogen (secondary N) is 2. The smallest absolute Gasteiger partial charge is 0.242 e. The minimum atomic E-state index is -3.67. The molecule has 0 spiro atoms. The Morgan fingerprint density at radius 2 is 1.79 bits per heavy atom. The van der Waals surface area contributed by atoms with Gasteiger partial charge in [0, 0.05) is 30.6 Å². The molecule has 1 fully saturated rings. The van der Waals surface area contributed by atoms with Crippen molar-refractivity contribution in [1.82, 2.24) is 15.0 Å². The van der Waals surface area contributed by atoms with Gasteiger partial charge >= 0.3 is 0 Å². The second-order valence-corrected chi connectivity index (χ2v) is 10.5. The van der Waals surface area contributed by atoms with Crippen molar-refractivity contribution >= 4 is 26.8 Å². The lowest BCUT2D eigenvalue weighted by atomic mass is 9.81. The maximum absolute atomic E-state index is 12.9. The number of para-hydroxylation sites is 1. The van der Waals surface area contributed by atoms with Crippen LogP contribution in [0.25, 0.3) is 10.9 Å². The van der Waals surface area contributed by atoms with Crippen LogP contribution in [0, 0.1) is 11.8 Å². The summed E-state index contributed by atoms with van der Waals surface area (Å²) in [5, 5.41) is 3.81. The Morgan fingerprint density at radius 3 is 2.65 bits per heavy atom. The lowest BCUT2D eigenvalue weighted by Gasteiger charge is -2.28. The number of rotatable bonds is 7. The van der Waals surface area contributed by atoms with Crippen LogP contribution in [-0.2, 0) is 21.4 Å². The SMILES string of the molecule is O=C(NCc1ccc2c(c1)OCO2)C1CCC(CNS(=O)(=O)c2cccc3cccnc23)CC1. The summed E-state index contributed by atoms with van der Waals surface area (Å²) >= 11 is 0. The first-order valence-electron chi connectivity index (χ1n) is 11.5. The van der Waals surface area contributed by atoms with Crippen LogP contribution in [0.15, 0.2) is 59.6 Å². The zero-order chi connectivity index (χ0) is 23.5. The zero-order valence-electron chi connectivity index (χ0n) is 18.7. The Hall–Kier alpha value is -3.17. The van der Waals surface area contributed by atoms with Gasteiger partial charge in [0.2, 0.25) is 22.7 Å². The summed E-state index contributed by atoms with van der Waals surface area (Å²) in [5.74, 6) is 1.62. The molecule has 9 heteroatoms. The number of ether oxygens (including phenoxy) is 2. The van der Waals surface area contributed by atoms with Gasteiger partial charge in [-0.2, -0.15) is 0 Å². The van der Waals surface area contributed by atoms with Crippen molar-refractivity contribution in [2.75, 3.05) is 13.3 Å². The summed E-state index contributed by atoms with van der Waals surface area (Å²) in [6.07, 6.45) is 4.70. The minimum Gasteiger partial charge on any atom is -0.454 e. The van der Waals surface area contributed by atoms with Gasteiger partial charge in [-0.3, -0.25) is 9.78 Å². The van der Waals surface area contributed by atoms with E-state index >= 15 is 0 Å². The third kappa shape index (κ3) is 4.85. The van der Waals surface area contributed by atoms with Crippen molar-refractivity contribution in [1.29, 1.82) is 0 Å². The largest absolute Gasteiger partial charge is 0.454 e. The fourth-order valence-electron chi connectivity index (χ4n) is 4.61. The topological polar surface area (TPSA) is 107 Å². The fraction of sp³-hybridized carbons (Fsp3) is 0.360. The number of hydrogen-bond acceptors (Lipinski definition) is 6. The molecule has 1 amide bonds. The summed E-state index contributed by atoms with van der Waals surface area (Å²) < 4.78 is 39.3. The molecule has 1 saturated carbocycles. The average molecular weight is 482 g/mol. The predicted molar refractivity (Wildman–Crippen MR) is 127 cm³/mol. The minimum absolute atomic E-state index is 0.0403. The van der Waals surface area contributed by atoms with Crippen molar-refractivity contribution < 1.29 is 22.7 Å². The average Bonchev–Trinajstić information content (AvgIpc) is 3.34. The van der Waals surface area contributed by atoms with E-state index in [9.17, 15) is 13.2 Å². The van der Waals surface area contributed by atoms with Gasteiger partial charge in [-0.15, -0.1) is 0 Å². The van der Waals surface area contributed by atoms with Gasteiger partial charge in [0.1, 0.15) is 4.90 Å².